The zero-order valence-electron chi connectivity index (χ0n) is 8.02. The number of nitrogens with zero attached hydrogens (tertiary/aromatic N) is 2. The van der Waals surface area contributed by atoms with Gasteiger partial charge in [-0.1, -0.05) is 43.5 Å². The molecule has 0 aromatic carbocycles. The monoisotopic (exact) mass is 252 g/mol. The molecule has 1 rings (SSSR count). The Hall–Kier alpha value is -0.0500. The van der Waals surface area contributed by atoms with E-state index in [1.165, 1.54) is 0 Å². The van der Waals surface area contributed by atoms with Gasteiger partial charge in [0.1, 0.15) is 10.3 Å². The fourth-order valence-corrected chi connectivity index (χ4v) is 2.39. The van der Waals surface area contributed by atoms with Crippen molar-refractivity contribution in [2.75, 3.05) is 0 Å². The Bertz CT molecular complexity index is 305. The molecule has 0 saturated heterocycles. The molecule has 5 heteroatoms. The summed E-state index contributed by atoms with van der Waals surface area (Å²) in [6.45, 7) is 4.16. The van der Waals surface area contributed by atoms with Crippen LogP contribution in [0.3, 0.4) is 0 Å². The van der Waals surface area contributed by atoms with Gasteiger partial charge in [-0.05, 0) is 23.9 Å². The molecule has 0 aliphatic rings. The van der Waals surface area contributed by atoms with Crippen molar-refractivity contribution in [1.82, 2.24) is 9.97 Å². The Morgan fingerprint density at radius 1 is 1.14 bits per heavy atom. The minimum absolute atomic E-state index is 0.0902. The molecule has 14 heavy (non-hydrogen) atoms. The lowest BCUT2D eigenvalue weighted by Crippen LogP contribution is -2.00. The van der Waals surface area contributed by atoms with Gasteiger partial charge < -0.3 is 0 Å². The summed E-state index contributed by atoms with van der Waals surface area (Å²) in [5.41, 5.74) is 0.791. The van der Waals surface area contributed by atoms with Gasteiger partial charge >= 0.3 is 0 Å². The molecule has 0 unspecified atom stereocenters. The van der Waals surface area contributed by atoms with Crippen LogP contribution >= 0.6 is 34.8 Å². The van der Waals surface area contributed by atoms with Crippen molar-refractivity contribution in [3.05, 3.63) is 21.2 Å². The van der Waals surface area contributed by atoms with Crippen LogP contribution in [-0.4, -0.2) is 9.97 Å². The Morgan fingerprint density at radius 2 is 1.64 bits per heavy atom. The second kappa shape index (κ2) is 5.15. The van der Waals surface area contributed by atoms with E-state index in [0.29, 0.717) is 10.3 Å². The maximum atomic E-state index is 5.95. The highest BCUT2D eigenvalue weighted by atomic mass is 35.5. The van der Waals surface area contributed by atoms with E-state index in [9.17, 15) is 0 Å². The van der Waals surface area contributed by atoms with Crippen LogP contribution in [-0.2, 0) is 0 Å². The molecule has 0 radical (unpaired) electrons. The molecular weight excluding hydrogens is 242 g/mol. The summed E-state index contributed by atoms with van der Waals surface area (Å²) in [5.74, 6) is 0.261. The number of rotatable bonds is 3. The lowest BCUT2D eigenvalue weighted by Gasteiger charge is -2.12. The van der Waals surface area contributed by atoms with Crippen molar-refractivity contribution in [3.8, 4) is 0 Å². The molecule has 0 aliphatic carbocycles. The number of hydrogen-bond donors (Lipinski definition) is 0. The zero-order valence-corrected chi connectivity index (χ0v) is 10.3. The van der Waals surface area contributed by atoms with E-state index < -0.39 is 0 Å². The third-order valence-electron chi connectivity index (χ3n) is 2.04. The molecule has 0 spiro atoms. The fourth-order valence-electron chi connectivity index (χ4n) is 1.38. The Balaban J connectivity index is 3.07. The molecule has 1 atom stereocenters. The summed E-state index contributed by atoms with van der Waals surface area (Å²) < 4.78 is 0. The number of hydrogen-bond acceptors (Lipinski definition) is 2. The molecule has 0 saturated carbocycles. The van der Waals surface area contributed by atoms with Crippen molar-refractivity contribution in [2.45, 2.75) is 32.6 Å². The standard InChI is InChI=1S/C9H11Cl3N2/c1-3-4-5(2)6-7(10)13-9(12)14-8(6)11/h5H,3-4H2,1-2H3/t5-/m1/s1. The lowest BCUT2D eigenvalue weighted by molar-refractivity contribution is 0.660. The quantitative estimate of drug-likeness (QED) is 0.591. The maximum absolute atomic E-state index is 5.95. The summed E-state index contributed by atoms with van der Waals surface area (Å²) in [6, 6.07) is 0. The average molecular weight is 254 g/mol. The van der Waals surface area contributed by atoms with Crippen LogP contribution in [0.2, 0.25) is 15.6 Å². The van der Waals surface area contributed by atoms with E-state index in [4.69, 9.17) is 34.8 Å². The molecular formula is C9H11Cl3N2. The Labute approximate surface area is 98.6 Å². The highest BCUT2D eigenvalue weighted by Gasteiger charge is 2.16. The zero-order chi connectivity index (χ0) is 10.7. The van der Waals surface area contributed by atoms with Gasteiger partial charge in [0.25, 0.3) is 0 Å². The van der Waals surface area contributed by atoms with E-state index in [2.05, 4.69) is 16.9 Å². The molecule has 0 N–H and O–H groups in total. The SMILES string of the molecule is CCC[C@@H](C)c1c(Cl)nc(Cl)nc1Cl. The van der Waals surface area contributed by atoms with Gasteiger partial charge in [-0.25, -0.2) is 9.97 Å². The molecule has 78 valence electrons. The molecule has 2 nitrogen and oxygen atoms in total. The molecule has 1 aromatic heterocycles. The number of aromatic nitrogens is 2. The maximum Gasteiger partial charge on any atom is 0.225 e. The largest absolute Gasteiger partial charge is 0.225 e. The second-order valence-corrected chi connectivity index (χ2v) is 4.23. The van der Waals surface area contributed by atoms with E-state index >= 15 is 0 Å². The molecule has 0 aliphatic heterocycles. The van der Waals surface area contributed by atoms with E-state index in [1.54, 1.807) is 0 Å². The topological polar surface area (TPSA) is 25.8 Å². The summed E-state index contributed by atoms with van der Waals surface area (Å²) in [6.07, 6.45) is 2.07. The van der Waals surface area contributed by atoms with Gasteiger partial charge in [-0.15, -0.1) is 0 Å². The van der Waals surface area contributed by atoms with Gasteiger partial charge in [-0.2, -0.15) is 0 Å². The molecule has 0 fully saturated rings. The van der Waals surface area contributed by atoms with Crippen LogP contribution in [0, 0.1) is 0 Å². The first kappa shape index (κ1) is 12.0. The van der Waals surface area contributed by atoms with Gasteiger partial charge in [0, 0.05) is 5.56 Å². The van der Waals surface area contributed by atoms with E-state index in [1.807, 2.05) is 6.92 Å². The highest BCUT2D eigenvalue weighted by molar-refractivity contribution is 6.36. The smallest absolute Gasteiger partial charge is 0.206 e. The lowest BCUT2D eigenvalue weighted by atomic mass is 9.99. The van der Waals surface area contributed by atoms with Gasteiger partial charge in [0.2, 0.25) is 5.28 Å². The van der Waals surface area contributed by atoms with Crippen LogP contribution < -0.4 is 0 Å². The van der Waals surface area contributed by atoms with Crippen molar-refractivity contribution in [3.63, 3.8) is 0 Å². The fraction of sp³-hybridized carbons (Fsp3) is 0.556. The first-order valence-corrected chi connectivity index (χ1v) is 5.58. The van der Waals surface area contributed by atoms with Gasteiger partial charge in [-0.3, -0.25) is 0 Å². The van der Waals surface area contributed by atoms with Crippen LogP contribution in [0.15, 0.2) is 0 Å². The average Bonchev–Trinajstić information content (AvgIpc) is 2.01. The summed E-state index contributed by atoms with van der Waals surface area (Å²) in [7, 11) is 0. The predicted octanol–water partition coefficient (Wildman–Crippen LogP) is 4.34. The minimum Gasteiger partial charge on any atom is -0.206 e. The summed E-state index contributed by atoms with van der Waals surface area (Å²) in [5, 5.41) is 0.805. The highest BCUT2D eigenvalue weighted by Crippen LogP contribution is 2.32. The van der Waals surface area contributed by atoms with Crippen LogP contribution in [0.25, 0.3) is 0 Å². The first-order valence-electron chi connectivity index (χ1n) is 4.44. The van der Waals surface area contributed by atoms with Crippen LogP contribution in [0.4, 0.5) is 0 Å². The second-order valence-electron chi connectivity index (χ2n) is 3.18. The van der Waals surface area contributed by atoms with Gasteiger partial charge in [0.05, 0.1) is 0 Å². The Morgan fingerprint density at radius 3 is 2.07 bits per heavy atom. The Kier molecular flexibility index (Phi) is 4.42. The molecule has 0 amide bonds. The third-order valence-corrected chi connectivity index (χ3v) is 2.79. The molecule has 1 heterocycles. The minimum atomic E-state index is 0.0902. The van der Waals surface area contributed by atoms with Crippen LogP contribution in [0.1, 0.15) is 38.2 Å². The van der Waals surface area contributed by atoms with Crippen molar-refractivity contribution in [1.29, 1.82) is 0 Å². The van der Waals surface area contributed by atoms with Crippen molar-refractivity contribution < 1.29 is 0 Å². The normalized spacial score (nSPS) is 12.9. The first-order chi connectivity index (χ1) is 6.56. The molecule has 0 bridgehead atoms. The van der Waals surface area contributed by atoms with Crippen molar-refractivity contribution in [2.24, 2.45) is 0 Å². The summed E-state index contributed by atoms with van der Waals surface area (Å²) >= 11 is 17.5. The van der Waals surface area contributed by atoms with E-state index in [-0.39, 0.29) is 11.2 Å². The predicted molar refractivity (Wildman–Crippen MR) is 60.4 cm³/mol. The van der Waals surface area contributed by atoms with E-state index in [0.717, 1.165) is 18.4 Å². The third kappa shape index (κ3) is 2.72. The van der Waals surface area contributed by atoms with Crippen molar-refractivity contribution >= 4 is 34.8 Å². The molecule has 1 aromatic rings. The summed E-state index contributed by atoms with van der Waals surface area (Å²) in [4.78, 5) is 7.75. The van der Waals surface area contributed by atoms with Gasteiger partial charge in [0.15, 0.2) is 0 Å². The van der Waals surface area contributed by atoms with Crippen LogP contribution in [0.5, 0.6) is 0 Å². The number of halogens is 3.